The highest BCUT2D eigenvalue weighted by Gasteiger charge is 2.25. The number of alkyl halides is 2. The molecule has 3 aromatic carbocycles. The molecular weight excluding hydrogens is 662 g/mol. The number of anilines is 1. The van der Waals surface area contributed by atoms with Gasteiger partial charge in [-0.25, -0.2) is 40.1 Å². The van der Waals surface area contributed by atoms with Crippen LogP contribution in [0.3, 0.4) is 0 Å². The maximum Gasteiger partial charge on any atom is 0.337 e. The van der Waals surface area contributed by atoms with Gasteiger partial charge in [-0.2, -0.15) is 0 Å². The minimum Gasteiger partial charge on any atom is -0.332 e. The van der Waals surface area contributed by atoms with E-state index < -0.39 is 63.8 Å². The maximum atomic E-state index is 14.9. The highest BCUT2D eigenvalue weighted by molar-refractivity contribution is 7.90. The molecule has 246 valence electrons. The van der Waals surface area contributed by atoms with Gasteiger partial charge in [-0.05, 0) is 66.7 Å². The molecule has 0 bridgehead atoms. The molecule has 2 heterocycles. The Morgan fingerprint density at radius 1 is 0.936 bits per heavy atom. The van der Waals surface area contributed by atoms with Crippen LogP contribution in [-0.4, -0.2) is 49.9 Å². The molecule has 0 fully saturated rings. The van der Waals surface area contributed by atoms with Crippen LogP contribution < -0.4 is 27.2 Å². The quantitative estimate of drug-likeness (QED) is 0.182. The van der Waals surface area contributed by atoms with E-state index >= 15 is 0 Å². The molecule has 5 aromatic rings. The molecule has 0 saturated heterocycles. The van der Waals surface area contributed by atoms with Gasteiger partial charge in [0.05, 0.1) is 29.1 Å². The van der Waals surface area contributed by atoms with Crippen LogP contribution in [0, 0.1) is 11.6 Å². The van der Waals surface area contributed by atoms with Crippen LogP contribution in [0.1, 0.15) is 11.1 Å². The standard InChI is InChI=1S/C31H27F4N5O5S2/c1-36-14-21-26-28(41)40(19-10-12-20(13-11-19)47(2,44)45)31(43)39(16-22-23(32)4-3-5-24(22)33)29(26)46-27(21)17-6-8-18(9-7-17)38-30(42)37-15-25(34)35/h3-13,25,36H,14-16H2,1-2H3,(H2,37,38,42). The first-order chi connectivity index (χ1) is 22.3. The lowest BCUT2D eigenvalue weighted by molar-refractivity contribution is 0.148. The fourth-order valence-electron chi connectivity index (χ4n) is 4.95. The number of fused-ring (bicyclic) bond motifs is 1. The van der Waals surface area contributed by atoms with Gasteiger partial charge in [-0.15, -0.1) is 11.3 Å². The zero-order valence-corrected chi connectivity index (χ0v) is 26.4. The Balaban J connectivity index is 1.72. The van der Waals surface area contributed by atoms with E-state index in [0.29, 0.717) is 21.7 Å². The normalized spacial score (nSPS) is 11.7. The number of rotatable bonds is 10. The Bertz CT molecular complexity index is 2180. The van der Waals surface area contributed by atoms with Crippen molar-refractivity contribution in [2.45, 2.75) is 24.4 Å². The first kappa shape index (κ1) is 33.6. The lowest BCUT2D eigenvalue weighted by Crippen LogP contribution is -2.39. The first-order valence-corrected chi connectivity index (χ1v) is 16.6. The fraction of sp³-hybridized carbons (Fsp3) is 0.194. The number of aromatic nitrogens is 2. The van der Waals surface area contributed by atoms with Gasteiger partial charge in [0.15, 0.2) is 9.84 Å². The van der Waals surface area contributed by atoms with Crippen molar-refractivity contribution in [3.05, 3.63) is 110 Å². The van der Waals surface area contributed by atoms with Crippen LogP contribution in [0.25, 0.3) is 26.3 Å². The molecule has 16 heteroatoms. The number of hydrogen-bond donors (Lipinski definition) is 3. The number of amides is 2. The summed E-state index contributed by atoms with van der Waals surface area (Å²) in [5.74, 6) is -1.79. The fourth-order valence-corrected chi connectivity index (χ4v) is 6.89. The van der Waals surface area contributed by atoms with Crippen molar-refractivity contribution in [2.75, 3.05) is 25.2 Å². The van der Waals surface area contributed by atoms with Crippen molar-refractivity contribution < 1.29 is 30.8 Å². The number of carbonyl (C=O) groups excluding carboxylic acids is 1. The van der Waals surface area contributed by atoms with E-state index in [-0.39, 0.29) is 27.3 Å². The van der Waals surface area contributed by atoms with Crippen LogP contribution in [-0.2, 0) is 22.9 Å². The highest BCUT2D eigenvalue weighted by atomic mass is 32.2. The van der Waals surface area contributed by atoms with Gasteiger partial charge >= 0.3 is 11.7 Å². The number of carbonyl (C=O) groups is 1. The number of benzene rings is 3. The number of nitrogens with one attached hydrogen (secondary N) is 3. The van der Waals surface area contributed by atoms with Crippen molar-refractivity contribution in [1.82, 2.24) is 19.8 Å². The number of urea groups is 1. The van der Waals surface area contributed by atoms with Crippen molar-refractivity contribution in [3.8, 4) is 16.1 Å². The molecule has 5 rings (SSSR count). The molecule has 0 aliphatic rings. The van der Waals surface area contributed by atoms with E-state index in [1.165, 1.54) is 42.5 Å². The summed E-state index contributed by atoms with van der Waals surface area (Å²) in [5, 5.41) is 7.58. The zero-order chi connectivity index (χ0) is 34.0. The summed E-state index contributed by atoms with van der Waals surface area (Å²) < 4.78 is 80.6. The van der Waals surface area contributed by atoms with E-state index in [0.717, 1.165) is 38.9 Å². The van der Waals surface area contributed by atoms with Gasteiger partial charge in [0.25, 0.3) is 12.0 Å². The molecule has 0 atom stereocenters. The molecule has 0 aliphatic heterocycles. The Labute approximate surface area is 269 Å². The number of nitrogens with zero attached hydrogens (tertiary/aromatic N) is 2. The monoisotopic (exact) mass is 689 g/mol. The summed E-state index contributed by atoms with van der Waals surface area (Å²) in [4.78, 5) is 40.8. The summed E-state index contributed by atoms with van der Waals surface area (Å²) in [6.07, 6.45) is -1.71. The lowest BCUT2D eigenvalue weighted by atomic mass is 10.1. The second kappa shape index (κ2) is 13.5. The lowest BCUT2D eigenvalue weighted by Gasteiger charge is -2.14. The van der Waals surface area contributed by atoms with Gasteiger partial charge < -0.3 is 16.0 Å². The van der Waals surface area contributed by atoms with E-state index in [9.17, 15) is 40.4 Å². The summed E-state index contributed by atoms with van der Waals surface area (Å²) in [6, 6.07) is 13.8. The molecule has 47 heavy (non-hydrogen) atoms. The predicted molar refractivity (Wildman–Crippen MR) is 171 cm³/mol. The summed E-state index contributed by atoms with van der Waals surface area (Å²) in [5.41, 5.74) is -0.672. The topological polar surface area (TPSA) is 131 Å². The van der Waals surface area contributed by atoms with Crippen molar-refractivity contribution in [3.63, 3.8) is 0 Å². The molecular formula is C31H27F4N5O5S2. The van der Waals surface area contributed by atoms with E-state index in [1.54, 1.807) is 19.2 Å². The van der Waals surface area contributed by atoms with Gasteiger partial charge in [0, 0.05) is 28.9 Å². The number of sulfone groups is 1. The van der Waals surface area contributed by atoms with Crippen LogP contribution in [0.4, 0.5) is 28.0 Å². The van der Waals surface area contributed by atoms with Gasteiger partial charge in [0.1, 0.15) is 16.5 Å². The Kier molecular flexibility index (Phi) is 9.65. The predicted octanol–water partition coefficient (Wildman–Crippen LogP) is 4.72. The summed E-state index contributed by atoms with van der Waals surface area (Å²) in [7, 11) is -1.95. The van der Waals surface area contributed by atoms with Gasteiger partial charge in [-0.3, -0.25) is 9.36 Å². The van der Waals surface area contributed by atoms with Gasteiger partial charge in [-0.1, -0.05) is 18.2 Å². The SMILES string of the molecule is CNCc1c(-c2ccc(NC(=O)NCC(F)F)cc2)sc2c1c(=O)n(-c1ccc(S(C)(=O)=O)cc1)c(=O)n2Cc1c(F)cccc1F. The second-order valence-electron chi connectivity index (χ2n) is 10.4. The summed E-state index contributed by atoms with van der Waals surface area (Å²) >= 11 is 1.05. The van der Waals surface area contributed by atoms with Crippen molar-refractivity contribution in [2.24, 2.45) is 0 Å². The van der Waals surface area contributed by atoms with E-state index in [1.807, 2.05) is 5.32 Å². The smallest absolute Gasteiger partial charge is 0.332 e. The number of hydrogen-bond acceptors (Lipinski definition) is 7. The Morgan fingerprint density at radius 2 is 1.57 bits per heavy atom. The minimum absolute atomic E-state index is 0.0396. The third-order valence-electron chi connectivity index (χ3n) is 7.15. The molecule has 0 radical (unpaired) electrons. The first-order valence-electron chi connectivity index (χ1n) is 13.9. The van der Waals surface area contributed by atoms with E-state index in [2.05, 4.69) is 10.6 Å². The Hall–Kier alpha value is -4.80. The number of halogens is 4. The Morgan fingerprint density at radius 3 is 2.15 bits per heavy atom. The largest absolute Gasteiger partial charge is 0.337 e. The molecule has 0 spiro atoms. The second-order valence-corrected chi connectivity index (χ2v) is 13.4. The van der Waals surface area contributed by atoms with Gasteiger partial charge in [0.2, 0.25) is 0 Å². The number of thiophene rings is 1. The molecule has 0 unspecified atom stereocenters. The average Bonchev–Trinajstić information content (AvgIpc) is 3.39. The molecule has 10 nitrogen and oxygen atoms in total. The van der Waals surface area contributed by atoms with Crippen LogP contribution in [0.5, 0.6) is 0 Å². The molecule has 2 amide bonds. The third kappa shape index (κ3) is 6.99. The van der Waals surface area contributed by atoms with Crippen molar-refractivity contribution in [1.29, 1.82) is 0 Å². The molecule has 2 aromatic heterocycles. The summed E-state index contributed by atoms with van der Waals surface area (Å²) in [6.45, 7) is -1.25. The molecule has 0 saturated carbocycles. The van der Waals surface area contributed by atoms with Crippen molar-refractivity contribution >= 4 is 43.1 Å². The molecule has 0 aliphatic carbocycles. The van der Waals surface area contributed by atoms with Crippen LogP contribution in [0.2, 0.25) is 0 Å². The maximum absolute atomic E-state index is 14.9. The third-order valence-corrected chi connectivity index (χ3v) is 9.58. The minimum atomic E-state index is -3.59. The highest BCUT2D eigenvalue weighted by Crippen LogP contribution is 2.38. The van der Waals surface area contributed by atoms with E-state index in [4.69, 9.17) is 0 Å². The molecule has 3 N–H and O–H groups in total. The van der Waals surface area contributed by atoms with Crippen LogP contribution >= 0.6 is 11.3 Å². The average molecular weight is 690 g/mol. The zero-order valence-electron chi connectivity index (χ0n) is 24.8. The van der Waals surface area contributed by atoms with Crippen LogP contribution in [0.15, 0.2) is 81.2 Å².